The molecule has 0 aliphatic carbocycles. The molecule has 0 spiro atoms. The van der Waals surface area contributed by atoms with Gasteiger partial charge in [-0.25, -0.2) is 4.68 Å². The average molecular weight is 164 g/mol. The van der Waals surface area contributed by atoms with E-state index in [0.717, 1.165) is 12.2 Å². The highest BCUT2D eigenvalue weighted by Gasteiger charge is 2.06. The van der Waals surface area contributed by atoms with E-state index < -0.39 is 0 Å². The maximum Gasteiger partial charge on any atom is 0.152 e. The Balaban J connectivity index is 2.71. The van der Waals surface area contributed by atoms with Crippen molar-refractivity contribution in [2.45, 2.75) is 26.8 Å². The van der Waals surface area contributed by atoms with E-state index in [1.807, 2.05) is 0 Å². The fraction of sp³-hybridized carbons (Fsp3) is 0.625. The standard InChI is InChI=1S/C8H12N4/c1-4-5-12-8(6-7(2)3)9-10-11-12/h1,7H,5-6H2,2-3H3. The van der Waals surface area contributed by atoms with E-state index >= 15 is 0 Å². The van der Waals surface area contributed by atoms with Gasteiger partial charge in [0.15, 0.2) is 5.82 Å². The maximum absolute atomic E-state index is 5.15. The Morgan fingerprint density at radius 1 is 1.58 bits per heavy atom. The van der Waals surface area contributed by atoms with Crippen molar-refractivity contribution in [1.82, 2.24) is 20.2 Å². The van der Waals surface area contributed by atoms with Crippen molar-refractivity contribution in [3.63, 3.8) is 0 Å². The molecule has 1 aromatic rings. The third-order valence-electron chi connectivity index (χ3n) is 1.44. The lowest BCUT2D eigenvalue weighted by Crippen LogP contribution is -2.07. The van der Waals surface area contributed by atoms with Gasteiger partial charge < -0.3 is 0 Å². The second-order valence-electron chi connectivity index (χ2n) is 3.05. The molecule has 0 aliphatic rings. The first-order valence-corrected chi connectivity index (χ1v) is 3.92. The van der Waals surface area contributed by atoms with Gasteiger partial charge >= 0.3 is 0 Å². The number of nitrogens with zero attached hydrogens (tertiary/aromatic N) is 4. The molecule has 0 radical (unpaired) electrons. The van der Waals surface area contributed by atoms with Crippen molar-refractivity contribution in [2.75, 3.05) is 0 Å². The molecule has 0 bridgehead atoms. The second-order valence-corrected chi connectivity index (χ2v) is 3.05. The normalized spacial score (nSPS) is 10.2. The Morgan fingerprint density at radius 3 is 2.92 bits per heavy atom. The molecule has 0 saturated carbocycles. The quantitative estimate of drug-likeness (QED) is 0.611. The van der Waals surface area contributed by atoms with E-state index in [1.165, 1.54) is 0 Å². The summed E-state index contributed by atoms with van der Waals surface area (Å²) in [7, 11) is 0. The Labute approximate surface area is 72.0 Å². The Bertz CT molecular complexity index is 281. The van der Waals surface area contributed by atoms with E-state index in [9.17, 15) is 0 Å². The van der Waals surface area contributed by atoms with E-state index in [1.54, 1.807) is 4.68 Å². The van der Waals surface area contributed by atoms with Crippen LogP contribution in [0.2, 0.25) is 0 Å². The first-order valence-electron chi connectivity index (χ1n) is 3.92. The number of aromatic nitrogens is 4. The van der Waals surface area contributed by atoms with E-state index in [2.05, 4.69) is 35.3 Å². The third kappa shape index (κ3) is 2.06. The maximum atomic E-state index is 5.15. The number of hydrogen-bond acceptors (Lipinski definition) is 3. The SMILES string of the molecule is C#CCn1nnnc1CC(C)C. The fourth-order valence-corrected chi connectivity index (χ4v) is 0.944. The van der Waals surface area contributed by atoms with Crippen LogP contribution in [0.5, 0.6) is 0 Å². The molecular formula is C8H12N4. The summed E-state index contributed by atoms with van der Waals surface area (Å²) in [6, 6.07) is 0. The van der Waals surface area contributed by atoms with Crippen LogP contribution in [0.3, 0.4) is 0 Å². The van der Waals surface area contributed by atoms with Gasteiger partial charge in [0.25, 0.3) is 0 Å². The summed E-state index contributed by atoms with van der Waals surface area (Å²) < 4.78 is 1.65. The molecule has 0 aliphatic heterocycles. The zero-order valence-electron chi connectivity index (χ0n) is 7.36. The van der Waals surface area contributed by atoms with Gasteiger partial charge in [-0.05, 0) is 16.3 Å². The molecule has 0 atom stereocenters. The number of rotatable bonds is 3. The lowest BCUT2D eigenvalue weighted by atomic mass is 10.1. The molecule has 4 heteroatoms. The van der Waals surface area contributed by atoms with Crippen LogP contribution >= 0.6 is 0 Å². The van der Waals surface area contributed by atoms with Gasteiger partial charge in [0.1, 0.15) is 6.54 Å². The molecule has 0 unspecified atom stereocenters. The lowest BCUT2D eigenvalue weighted by Gasteiger charge is -2.02. The molecule has 0 amide bonds. The molecule has 12 heavy (non-hydrogen) atoms. The van der Waals surface area contributed by atoms with Gasteiger partial charge in [0, 0.05) is 6.42 Å². The number of terminal acetylenes is 1. The summed E-state index contributed by atoms with van der Waals surface area (Å²) >= 11 is 0. The van der Waals surface area contributed by atoms with Gasteiger partial charge in [0.05, 0.1) is 0 Å². The first kappa shape index (κ1) is 8.72. The molecule has 1 aromatic heterocycles. The molecule has 0 N–H and O–H groups in total. The summed E-state index contributed by atoms with van der Waals surface area (Å²) in [4.78, 5) is 0. The molecule has 1 rings (SSSR count). The van der Waals surface area contributed by atoms with Crippen LogP contribution in [0.4, 0.5) is 0 Å². The molecule has 0 fully saturated rings. The van der Waals surface area contributed by atoms with Crippen molar-refractivity contribution >= 4 is 0 Å². The second kappa shape index (κ2) is 3.86. The molecule has 0 saturated heterocycles. The van der Waals surface area contributed by atoms with Crippen LogP contribution in [0.15, 0.2) is 0 Å². The van der Waals surface area contributed by atoms with Crippen LogP contribution in [0, 0.1) is 18.3 Å². The highest BCUT2D eigenvalue weighted by Crippen LogP contribution is 2.02. The van der Waals surface area contributed by atoms with Gasteiger partial charge in [0.2, 0.25) is 0 Å². The van der Waals surface area contributed by atoms with Crippen molar-refractivity contribution in [1.29, 1.82) is 0 Å². The Morgan fingerprint density at radius 2 is 2.33 bits per heavy atom. The zero-order chi connectivity index (χ0) is 8.97. The third-order valence-corrected chi connectivity index (χ3v) is 1.44. The Kier molecular flexibility index (Phi) is 2.81. The number of hydrogen-bond donors (Lipinski definition) is 0. The lowest BCUT2D eigenvalue weighted by molar-refractivity contribution is 0.569. The summed E-state index contributed by atoms with van der Waals surface area (Å²) in [5.41, 5.74) is 0. The average Bonchev–Trinajstić information content (AvgIpc) is 2.37. The first-order chi connectivity index (χ1) is 5.74. The minimum absolute atomic E-state index is 0.453. The Hall–Kier alpha value is -1.37. The smallest absolute Gasteiger partial charge is 0.152 e. The molecular weight excluding hydrogens is 152 g/mol. The zero-order valence-corrected chi connectivity index (χ0v) is 7.36. The van der Waals surface area contributed by atoms with Crippen LogP contribution < -0.4 is 0 Å². The summed E-state index contributed by atoms with van der Waals surface area (Å²) in [6.45, 7) is 4.69. The number of tetrazole rings is 1. The summed E-state index contributed by atoms with van der Waals surface area (Å²) in [5, 5.41) is 11.2. The fourth-order valence-electron chi connectivity index (χ4n) is 0.944. The van der Waals surface area contributed by atoms with Crippen molar-refractivity contribution in [3.8, 4) is 12.3 Å². The predicted molar refractivity (Wildman–Crippen MR) is 45.2 cm³/mol. The minimum Gasteiger partial charge on any atom is -0.218 e. The highest BCUT2D eigenvalue weighted by atomic mass is 15.5. The highest BCUT2D eigenvalue weighted by molar-refractivity contribution is 4.90. The van der Waals surface area contributed by atoms with Gasteiger partial charge in [-0.2, -0.15) is 0 Å². The van der Waals surface area contributed by atoms with E-state index in [-0.39, 0.29) is 0 Å². The van der Waals surface area contributed by atoms with Crippen molar-refractivity contribution in [3.05, 3.63) is 5.82 Å². The summed E-state index contributed by atoms with van der Waals surface area (Å²) in [6.07, 6.45) is 6.02. The van der Waals surface area contributed by atoms with E-state index in [0.29, 0.717) is 12.5 Å². The van der Waals surface area contributed by atoms with Crippen LogP contribution in [0.1, 0.15) is 19.7 Å². The van der Waals surface area contributed by atoms with Crippen LogP contribution in [-0.4, -0.2) is 20.2 Å². The largest absolute Gasteiger partial charge is 0.218 e. The molecule has 0 aromatic carbocycles. The minimum atomic E-state index is 0.453. The molecule has 1 heterocycles. The molecule has 4 nitrogen and oxygen atoms in total. The molecule has 64 valence electrons. The van der Waals surface area contributed by atoms with Gasteiger partial charge in [-0.15, -0.1) is 11.5 Å². The topological polar surface area (TPSA) is 43.6 Å². The summed E-state index contributed by atoms with van der Waals surface area (Å²) in [5.74, 6) is 3.92. The van der Waals surface area contributed by atoms with E-state index in [4.69, 9.17) is 6.42 Å². The van der Waals surface area contributed by atoms with Crippen molar-refractivity contribution < 1.29 is 0 Å². The van der Waals surface area contributed by atoms with Crippen LogP contribution in [-0.2, 0) is 13.0 Å². The monoisotopic (exact) mass is 164 g/mol. The van der Waals surface area contributed by atoms with Crippen molar-refractivity contribution in [2.24, 2.45) is 5.92 Å². The van der Waals surface area contributed by atoms with Crippen LogP contribution in [0.25, 0.3) is 0 Å². The van der Waals surface area contributed by atoms with Gasteiger partial charge in [-0.1, -0.05) is 19.8 Å². The predicted octanol–water partition coefficient (Wildman–Crippen LogP) is 0.505. The van der Waals surface area contributed by atoms with Gasteiger partial charge in [-0.3, -0.25) is 0 Å².